The molecule has 2 saturated heterocycles. The Morgan fingerprint density at radius 1 is 1.33 bits per heavy atom. The summed E-state index contributed by atoms with van der Waals surface area (Å²) in [5.41, 5.74) is 1.47. The van der Waals surface area contributed by atoms with E-state index in [0.29, 0.717) is 11.5 Å². The molecule has 142 valence electrons. The number of hydrogen-bond donors (Lipinski definition) is 0. The summed E-state index contributed by atoms with van der Waals surface area (Å²) in [6.45, 7) is 3.19. The number of ether oxygens (including phenoxy) is 1. The quantitative estimate of drug-likeness (QED) is 0.790. The maximum Gasteiger partial charge on any atom is 0.170 e. The molecule has 2 atom stereocenters. The minimum atomic E-state index is -0.286. The molecule has 5 rings (SSSR count). The van der Waals surface area contributed by atoms with Crippen molar-refractivity contribution in [2.75, 3.05) is 19.6 Å². The molecule has 3 aliphatic rings. The molecule has 3 heterocycles. The van der Waals surface area contributed by atoms with Crippen molar-refractivity contribution >= 4 is 11.0 Å². The van der Waals surface area contributed by atoms with E-state index in [4.69, 9.17) is 9.26 Å². The van der Waals surface area contributed by atoms with Gasteiger partial charge in [0.05, 0.1) is 5.69 Å². The summed E-state index contributed by atoms with van der Waals surface area (Å²) < 4.78 is 25.0. The van der Waals surface area contributed by atoms with Crippen LogP contribution < -0.4 is 0 Å². The molecule has 0 radical (unpaired) electrons. The van der Waals surface area contributed by atoms with E-state index in [1.165, 1.54) is 24.3 Å². The molecule has 1 spiro atoms. The van der Waals surface area contributed by atoms with Crippen molar-refractivity contribution in [1.82, 2.24) is 10.1 Å². The fourth-order valence-corrected chi connectivity index (χ4v) is 4.95. The number of nitrogens with zero attached hydrogens (tertiary/aromatic N) is 2. The smallest absolute Gasteiger partial charge is 0.170 e. The van der Waals surface area contributed by atoms with Gasteiger partial charge in [0, 0.05) is 23.9 Å². The Bertz CT molecular complexity index is 903. The lowest BCUT2D eigenvalue weighted by Gasteiger charge is -2.39. The minimum absolute atomic E-state index is 0.0128. The summed E-state index contributed by atoms with van der Waals surface area (Å²) in [6, 6.07) is 4.64. The number of rotatable bonds is 4. The lowest BCUT2D eigenvalue weighted by Crippen LogP contribution is -2.48. The van der Waals surface area contributed by atoms with Crippen LogP contribution >= 0.6 is 0 Å². The van der Waals surface area contributed by atoms with Crippen LogP contribution in [0.25, 0.3) is 11.0 Å². The summed E-state index contributed by atoms with van der Waals surface area (Å²) >= 11 is 0. The monoisotopic (exact) mass is 368 g/mol. The highest BCUT2D eigenvalue weighted by atomic mass is 19.1. The molecule has 0 saturated carbocycles. The fourth-order valence-electron chi connectivity index (χ4n) is 4.95. The summed E-state index contributed by atoms with van der Waals surface area (Å²) in [7, 11) is 0. The largest absolute Gasteiger partial charge is 0.490 e. The molecule has 2 aromatic rings. The first-order valence-corrected chi connectivity index (χ1v) is 10.0. The van der Waals surface area contributed by atoms with E-state index in [1.807, 2.05) is 0 Å². The van der Waals surface area contributed by atoms with Gasteiger partial charge in [-0.2, -0.15) is 0 Å². The average molecular weight is 368 g/mol. The molecule has 4 nitrogen and oxygen atoms in total. The molecule has 0 N–H and O–H groups in total. The van der Waals surface area contributed by atoms with E-state index in [0.717, 1.165) is 62.8 Å². The van der Waals surface area contributed by atoms with Crippen molar-refractivity contribution in [2.24, 2.45) is 5.92 Å². The normalized spacial score (nSPS) is 27.7. The van der Waals surface area contributed by atoms with Crippen LogP contribution in [0.5, 0.6) is 0 Å². The van der Waals surface area contributed by atoms with Crippen molar-refractivity contribution < 1.29 is 13.7 Å². The lowest BCUT2D eigenvalue weighted by atomic mass is 9.84. The van der Waals surface area contributed by atoms with E-state index in [2.05, 4.69) is 28.3 Å². The van der Waals surface area contributed by atoms with Crippen LogP contribution in [0.4, 0.5) is 4.39 Å². The van der Waals surface area contributed by atoms with Crippen molar-refractivity contribution in [2.45, 2.75) is 44.1 Å². The van der Waals surface area contributed by atoms with E-state index in [1.54, 1.807) is 6.07 Å². The third kappa shape index (κ3) is 3.29. The van der Waals surface area contributed by atoms with Gasteiger partial charge in [-0.25, -0.2) is 4.39 Å². The predicted octanol–water partition coefficient (Wildman–Crippen LogP) is 4.61. The van der Waals surface area contributed by atoms with E-state index >= 15 is 0 Å². The molecule has 0 bridgehead atoms. The van der Waals surface area contributed by atoms with Crippen molar-refractivity contribution in [3.8, 4) is 0 Å². The molecule has 0 amide bonds. The van der Waals surface area contributed by atoms with Gasteiger partial charge in [-0.1, -0.05) is 17.3 Å². The Labute approximate surface area is 158 Å². The Morgan fingerprint density at radius 2 is 2.30 bits per heavy atom. The van der Waals surface area contributed by atoms with E-state index < -0.39 is 0 Å². The maximum atomic E-state index is 13.3. The van der Waals surface area contributed by atoms with E-state index in [9.17, 15) is 4.39 Å². The summed E-state index contributed by atoms with van der Waals surface area (Å²) in [5.74, 6) is 1.49. The van der Waals surface area contributed by atoms with Gasteiger partial charge in [-0.05, 0) is 69.8 Å². The first-order valence-electron chi connectivity index (χ1n) is 10.0. The van der Waals surface area contributed by atoms with Crippen molar-refractivity contribution in [3.05, 3.63) is 53.7 Å². The van der Waals surface area contributed by atoms with Gasteiger partial charge >= 0.3 is 0 Å². The Hall–Kier alpha value is -2.14. The van der Waals surface area contributed by atoms with Gasteiger partial charge in [0.2, 0.25) is 0 Å². The highest BCUT2D eigenvalue weighted by molar-refractivity contribution is 5.79. The third-order valence-electron chi connectivity index (χ3n) is 6.19. The highest BCUT2D eigenvalue weighted by Gasteiger charge is 2.46. The van der Waals surface area contributed by atoms with Crippen molar-refractivity contribution in [1.29, 1.82) is 0 Å². The Balaban J connectivity index is 1.19. The second-order valence-electron chi connectivity index (χ2n) is 8.17. The highest BCUT2D eigenvalue weighted by Crippen LogP contribution is 2.45. The third-order valence-corrected chi connectivity index (χ3v) is 6.19. The molecule has 27 heavy (non-hydrogen) atoms. The first-order chi connectivity index (χ1) is 13.2. The molecule has 1 aliphatic carbocycles. The predicted molar refractivity (Wildman–Crippen MR) is 102 cm³/mol. The number of allylic oxidation sites excluding steroid dienone is 4. The number of fused-ring (bicyclic) bond motifs is 2. The van der Waals surface area contributed by atoms with Gasteiger partial charge < -0.3 is 9.26 Å². The molecular formula is C22H25FN2O2. The van der Waals surface area contributed by atoms with Gasteiger partial charge in [-0.3, -0.25) is 4.90 Å². The summed E-state index contributed by atoms with van der Waals surface area (Å²) in [6.07, 6.45) is 13.0. The van der Waals surface area contributed by atoms with Crippen LogP contribution in [-0.4, -0.2) is 35.3 Å². The maximum absolute atomic E-state index is 13.3. The van der Waals surface area contributed by atoms with Gasteiger partial charge in [0.1, 0.15) is 17.2 Å². The minimum Gasteiger partial charge on any atom is -0.490 e. The van der Waals surface area contributed by atoms with E-state index in [-0.39, 0.29) is 11.4 Å². The number of hydrogen-bond acceptors (Lipinski definition) is 4. The summed E-state index contributed by atoms with van der Waals surface area (Å²) in [5, 5.41) is 5.06. The van der Waals surface area contributed by atoms with Crippen LogP contribution in [-0.2, 0) is 11.2 Å². The number of halogens is 1. The number of aromatic nitrogens is 1. The molecule has 2 fully saturated rings. The SMILES string of the molecule is Fc1ccc2c(CCCN3CCC[C@@]4(C[C@@H]5CC=CC=C5O4)C3)noc2c1. The van der Waals surface area contributed by atoms with Crippen LogP contribution in [0.3, 0.4) is 0 Å². The van der Waals surface area contributed by atoms with Crippen molar-refractivity contribution in [3.63, 3.8) is 0 Å². The Morgan fingerprint density at radius 3 is 3.22 bits per heavy atom. The van der Waals surface area contributed by atoms with Crippen LogP contribution in [0.2, 0.25) is 0 Å². The molecule has 1 aromatic heterocycles. The zero-order valence-electron chi connectivity index (χ0n) is 15.5. The van der Waals surface area contributed by atoms with Crippen LogP contribution in [0, 0.1) is 11.7 Å². The Kier molecular flexibility index (Phi) is 4.27. The standard InChI is InChI=1S/C22H25FN2O2/c23-17-8-9-18-19(24-27-21(18)13-17)6-3-11-25-12-4-10-22(15-25)14-16-5-1-2-7-20(16)26-22/h1-2,7-9,13,16H,3-6,10-12,14-15H2/t16-,22+/m0/s1. The summed E-state index contributed by atoms with van der Waals surface area (Å²) in [4.78, 5) is 2.54. The second-order valence-corrected chi connectivity index (χ2v) is 8.17. The molecule has 0 unspecified atom stereocenters. The molecule has 5 heteroatoms. The fraction of sp³-hybridized carbons (Fsp3) is 0.500. The topological polar surface area (TPSA) is 38.5 Å². The number of benzene rings is 1. The molecular weight excluding hydrogens is 343 g/mol. The average Bonchev–Trinajstić information content (AvgIpc) is 3.22. The van der Waals surface area contributed by atoms with Gasteiger partial charge in [0.25, 0.3) is 0 Å². The molecule has 2 aliphatic heterocycles. The first kappa shape index (κ1) is 17.0. The molecule has 1 aromatic carbocycles. The number of aryl methyl sites for hydroxylation is 1. The van der Waals surface area contributed by atoms with Gasteiger partial charge in [0.15, 0.2) is 5.58 Å². The zero-order chi connectivity index (χ0) is 18.3. The lowest BCUT2D eigenvalue weighted by molar-refractivity contribution is -0.0277. The van der Waals surface area contributed by atoms with Crippen LogP contribution in [0.15, 0.2) is 46.7 Å². The second kappa shape index (κ2) is 6.79. The van der Waals surface area contributed by atoms with Gasteiger partial charge in [-0.15, -0.1) is 0 Å². The van der Waals surface area contributed by atoms with Crippen LogP contribution in [0.1, 0.15) is 37.8 Å². The number of piperidine rings is 1. The number of likely N-dealkylation sites (tertiary alicyclic amines) is 1. The zero-order valence-corrected chi connectivity index (χ0v) is 15.5.